The van der Waals surface area contributed by atoms with Gasteiger partial charge >= 0.3 is 0 Å². The molecule has 2 aliphatic rings. The van der Waals surface area contributed by atoms with Gasteiger partial charge in [-0.3, -0.25) is 0 Å². The molecule has 1 atom stereocenters. The van der Waals surface area contributed by atoms with Gasteiger partial charge in [-0.1, -0.05) is 40.2 Å². The number of benzene rings is 2. The first-order valence-corrected chi connectivity index (χ1v) is 7.60. The number of nitrogens with one attached hydrogen (secondary N) is 1. The fourth-order valence-corrected chi connectivity index (χ4v) is 3.60. The van der Waals surface area contributed by atoms with E-state index < -0.39 is 5.72 Å². The van der Waals surface area contributed by atoms with Crippen LogP contribution in [0.3, 0.4) is 0 Å². The van der Waals surface area contributed by atoms with Gasteiger partial charge in [0.15, 0.2) is 5.76 Å². The number of anilines is 1. The molecule has 2 heterocycles. The van der Waals surface area contributed by atoms with E-state index in [0.717, 1.165) is 22.3 Å². The molecule has 0 bridgehead atoms. The highest BCUT2D eigenvalue weighted by atomic mass is 79.9. The summed E-state index contributed by atoms with van der Waals surface area (Å²) in [6.07, 6.45) is 6.25. The fourth-order valence-electron chi connectivity index (χ4n) is 3.10. The van der Waals surface area contributed by atoms with Crippen molar-refractivity contribution in [3.63, 3.8) is 0 Å². The zero-order valence-corrected chi connectivity index (χ0v) is 13.1. The van der Waals surface area contributed by atoms with E-state index in [9.17, 15) is 0 Å². The summed E-state index contributed by atoms with van der Waals surface area (Å²) in [6.45, 7) is 0. The molecule has 1 spiro atoms. The van der Waals surface area contributed by atoms with Crippen LogP contribution in [0.1, 0.15) is 5.56 Å². The number of hydrogen-bond donors (Lipinski definition) is 1. The van der Waals surface area contributed by atoms with Crippen molar-refractivity contribution in [3.05, 3.63) is 64.5 Å². The molecule has 2 aromatic carbocycles. The van der Waals surface area contributed by atoms with Crippen LogP contribution in [0.15, 0.2) is 59.0 Å². The zero-order valence-electron chi connectivity index (χ0n) is 11.5. The van der Waals surface area contributed by atoms with Crippen LogP contribution in [0.2, 0.25) is 0 Å². The monoisotopic (exact) mass is 343 g/mol. The number of halogens is 1. The molecule has 0 aromatic heterocycles. The van der Waals surface area contributed by atoms with E-state index in [0.29, 0.717) is 0 Å². The summed E-state index contributed by atoms with van der Waals surface area (Å²) in [5, 5.41) is 5.91. The van der Waals surface area contributed by atoms with Gasteiger partial charge in [0, 0.05) is 22.0 Å². The SMILES string of the molecule is COC1=CC=COC12Cc1ccc3c(Br)cccc3c1N2. The Hall–Kier alpha value is -1.94. The molecule has 0 fully saturated rings. The van der Waals surface area contributed by atoms with Crippen LogP contribution in [0.25, 0.3) is 10.8 Å². The quantitative estimate of drug-likeness (QED) is 0.835. The summed E-state index contributed by atoms with van der Waals surface area (Å²) in [5.74, 6) is 0.796. The summed E-state index contributed by atoms with van der Waals surface area (Å²) in [4.78, 5) is 0. The van der Waals surface area contributed by atoms with Crippen molar-refractivity contribution in [2.75, 3.05) is 12.4 Å². The zero-order chi connectivity index (χ0) is 14.4. The summed E-state index contributed by atoms with van der Waals surface area (Å²) in [7, 11) is 1.68. The van der Waals surface area contributed by atoms with Crippen molar-refractivity contribution < 1.29 is 9.47 Å². The summed E-state index contributed by atoms with van der Waals surface area (Å²) < 4.78 is 12.5. The Morgan fingerprint density at radius 3 is 3.00 bits per heavy atom. The topological polar surface area (TPSA) is 30.5 Å². The van der Waals surface area contributed by atoms with E-state index in [4.69, 9.17) is 9.47 Å². The molecule has 4 rings (SSSR count). The van der Waals surface area contributed by atoms with Crippen molar-refractivity contribution in [1.82, 2.24) is 0 Å². The lowest BCUT2D eigenvalue weighted by Crippen LogP contribution is -2.41. The number of ether oxygens (including phenoxy) is 2. The second kappa shape index (κ2) is 4.53. The Balaban J connectivity index is 1.88. The first kappa shape index (κ1) is 12.8. The summed E-state index contributed by atoms with van der Waals surface area (Å²) >= 11 is 3.61. The van der Waals surface area contributed by atoms with Crippen molar-refractivity contribution in [2.45, 2.75) is 12.1 Å². The number of methoxy groups -OCH3 is 1. The minimum absolute atomic E-state index is 0.623. The van der Waals surface area contributed by atoms with Crippen LogP contribution >= 0.6 is 15.9 Å². The molecule has 106 valence electrons. The average Bonchev–Trinajstić information content (AvgIpc) is 2.87. The Morgan fingerprint density at radius 1 is 1.24 bits per heavy atom. The normalized spacial score (nSPS) is 22.7. The molecule has 0 amide bonds. The Morgan fingerprint density at radius 2 is 2.14 bits per heavy atom. The van der Waals surface area contributed by atoms with E-state index in [1.54, 1.807) is 13.4 Å². The van der Waals surface area contributed by atoms with Crippen LogP contribution in [-0.2, 0) is 15.9 Å². The third-order valence-corrected chi connectivity index (χ3v) is 4.77. The van der Waals surface area contributed by atoms with Gasteiger partial charge in [-0.25, -0.2) is 0 Å². The van der Waals surface area contributed by atoms with Gasteiger partial charge in [-0.15, -0.1) is 0 Å². The standard InChI is InChI=1S/C17H14BrNO2/c1-20-15-6-3-9-21-17(15)10-11-7-8-12-13(16(11)19-17)4-2-5-14(12)18/h2-9,19H,10H2,1H3. The van der Waals surface area contributed by atoms with Crippen molar-refractivity contribution in [2.24, 2.45) is 0 Å². The molecule has 2 aliphatic heterocycles. The fraction of sp³-hybridized carbons (Fsp3) is 0.176. The van der Waals surface area contributed by atoms with Gasteiger partial charge in [-0.05, 0) is 29.2 Å². The third-order valence-electron chi connectivity index (χ3n) is 4.07. The molecule has 0 aliphatic carbocycles. The minimum atomic E-state index is -0.623. The largest absolute Gasteiger partial charge is 0.495 e. The minimum Gasteiger partial charge on any atom is -0.495 e. The van der Waals surface area contributed by atoms with Gasteiger partial charge in [-0.2, -0.15) is 0 Å². The lowest BCUT2D eigenvalue weighted by molar-refractivity contribution is 0.0323. The van der Waals surface area contributed by atoms with E-state index in [1.807, 2.05) is 18.2 Å². The maximum Gasteiger partial charge on any atom is 0.241 e. The highest BCUT2D eigenvalue weighted by molar-refractivity contribution is 9.10. The highest BCUT2D eigenvalue weighted by Gasteiger charge is 2.44. The van der Waals surface area contributed by atoms with Crippen LogP contribution in [0.5, 0.6) is 0 Å². The van der Waals surface area contributed by atoms with Crippen LogP contribution < -0.4 is 5.32 Å². The first-order chi connectivity index (χ1) is 10.2. The van der Waals surface area contributed by atoms with Crippen LogP contribution in [0, 0.1) is 0 Å². The van der Waals surface area contributed by atoms with E-state index in [2.05, 4.69) is 45.5 Å². The molecule has 0 saturated carbocycles. The third kappa shape index (κ3) is 1.79. The van der Waals surface area contributed by atoms with Gasteiger partial charge in [0.2, 0.25) is 5.72 Å². The van der Waals surface area contributed by atoms with Crippen molar-refractivity contribution in [1.29, 1.82) is 0 Å². The second-order valence-electron chi connectivity index (χ2n) is 5.24. The maximum atomic E-state index is 5.89. The number of fused-ring (bicyclic) bond motifs is 3. The molecule has 1 unspecified atom stereocenters. The highest BCUT2D eigenvalue weighted by Crippen LogP contribution is 2.44. The molecule has 3 nitrogen and oxygen atoms in total. The molecular formula is C17H14BrNO2. The number of rotatable bonds is 1. The molecular weight excluding hydrogens is 330 g/mol. The number of allylic oxidation sites excluding steroid dienone is 2. The first-order valence-electron chi connectivity index (χ1n) is 6.81. The molecule has 1 N–H and O–H groups in total. The van der Waals surface area contributed by atoms with Crippen LogP contribution in [0.4, 0.5) is 5.69 Å². The van der Waals surface area contributed by atoms with E-state index in [-0.39, 0.29) is 0 Å². The van der Waals surface area contributed by atoms with Gasteiger partial charge < -0.3 is 14.8 Å². The molecule has 0 radical (unpaired) electrons. The van der Waals surface area contributed by atoms with Gasteiger partial charge in [0.1, 0.15) is 0 Å². The lowest BCUT2D eigenvalue weighted by atomic mass is 10.0. The molecule has 21 heavy (non-hydrogen) atoms. The molecule has 2 aromatic rings. The van der Waals surface area contributed by atoms with Crippen molar-refractivity contribution >= 4 is 32.4 Å². The molecule has 4 heteroatoms. The lowest BCUT2D eigenvalue weighted by Gasteiger charge is -2.32. The Labute approximate surface area is 131 Å². The van der Waals surface area contributed by atoms with Gasteiger partial charge in [0.25, 0.3) is 0 Å². The summed E-state index contributed by atoms with van der Waals surface area (Å²) in [6, 6.07) is 10.5. The second-order valence-corrected chi connectivity index (χ2v) is 6.10. The van der Waals surface area contributed by atoms with Gasteiger partial charge in [0.05, 0.1) is 13.4 Å². The Bertz CT molecular complexity index is 797. The number of hydrogen-bond acceptors (Lipinski definition) is 3. The van der Waals surface area contributed by atoms with E-state index >= 15 is 0 Å². The summed E-state index contributed by atoms with van der Waals surface area (Å²) in [5.41, 5.74) is 1.73. The predicted octanol–water partition coefficient (Wildman–Crippen LogP) is 4.34. The Kier molecular flexibility index (Phi) is 2.76. The predicted molar refractivity (Wildman–Crippen MR) is 87.0 cm³/mol. The smallest absolute Gasteiger partial charge is 0.241 e. The molecule has 0 saturated heterocycles. The van der Waals surface area contributed by atoms with Crippen LogP contribution in [-0.4, -0.2) is 12.8 Å². The van der Waals surface area contributed by atoms with Crippen molar-refractivity contribution in [3.8, 4) is 0 Å². The average molecular weight is 344 g/mol. The maximum absolute atomic E-state index is 5.89. The van der Waals surface area contributed by atoms with E-state index in [1.165, 1.54) is 16.3 Å².